The maximum absolute atomic E-state index is 5.63. The van der Waals surface area contributed by atoms with Crippen LogP contribution in [-0.4, -0.2) is 46.5 Å². The number of aromatic nitrogens is 4. The maximum Gasteiger partial charge on any atom is 0.177 e. The fraction of sp³-hybridized carbons (Fsp3) is 0.900. The lowest BCUT2D eigenvalue weighted by molar-refractivity contribution is 0.0912. The molecule has 1 fully saturated rings. The van der Waals surface area contributed by atoms with Crippen molar-refractivity contribution in [1.29, 1.82) is 0 Å². The van der Waals surface area contributed by atoms with Crippen LogP contribution in [0, 0.1) is 5.92 Å². The Labute approximate surface area is 95.4 Å². The number of aryl methyl sites for hydroxylation is 1. The summed E-state index contributed by atoms with van der Waals surface area (Å²) < 4.78 is 5.63. The van der Waals surface area contributed by atoms with Gasteiger partial charge in [0.15, 0.2) is 5.82 Å². The lowest BCUT2D eigenvalue weighted by Gasteiger charge is -2.22. The van der Waals surface area contributed by atoms with Gasteiger partial charge >= 0.3 is 0 Å². The first-order valence-corrected chi connectivity index (χ1v) is 5.86. The molecule has 1 saturated heterocycles. The van der Waals surface area contributed by atoms with Crippen LogP contribution in [0.15, 0.2) is 0 Å². The summed E-state index contributed by atoms with van der Waals surface area (Å²) in [6, 6.07) is 0. The van der Waals surface area contributed by atoms with E-state index in [4.69, 9.17) is 4.74 Å². The average molecular weight is 225 g/mol. The van der Waals surface area contributed by atoms with Gasteiger partial charge in [0.05, 0.1) is 20.3 Å². The quantitative estimate of drug-likeness (QED) is 0.701. The summed E-state index contributed by atoms with van der Waals surface area (Å²) in [6.07, 6.45) is 3.28. The van der Waals surface area contributed by atoms with Crippen LogP contribution in [0.5, 0.6) is 0 Å². The van der Waals surface area contributed by atoms with Crippen molar-refractivity contribution in [2.24, 2.45) is 13.0 Å². The van der Waals surface area contributed by atoms with Crippen LogP contribution in [0.25, 0.3) is 0 Å². The fourth-order valence-corrected chi connectivity index (χ4v) is 1.90. The highest BCUT2D eigenvalue weighted by atomic mass is 16.5. The second-order valence-corrected chi connectivity index (χ2v) is 4.23. The van der Waals surface area contributed by atoms with Gasteiger partial charge in [-0.15, -0.1) is 10.2 Å². The Morgan fingerprint density at radius 2 is 2.50 bits per heavy atom. The van der Waals surface area contributed by atoms with Crippen molar-refractivity contribution in [3.8, 4) is 0 Å². The zero-order valence-electron chi connectivity index (χ0n) is 9.72. The van der Waals surface area contributed by atoms with Gasteiger partial charge in [-0.2, -0.15) is 4.80 Å². The number of nitrogens with zero attached hydrogens (tertiary/aromatic N) is 4. The molecule has 0 aromatic carbocycles. The molecule has 0 aliphatic carbocycles. The number of piperidine rings is 1. The third-order valence-electron chi connectivity index (χ3n) is 2.77. The fourth-order valence-electron chi connectivity index (χ4n) is 1.90. The number of nitrogens with one attached hydrogen (secondary N) is 1. The molecule has 0 amide bonds. The second-order valence-electron chi connectivity index (χ2n) is 4.23. The van der Waals surface area contributed by atoms with Crippen molar-refractivity contribution in [3.05, 3.63) is 5.82 Å². The Morgan fingerprint density at radius 1 is 1.56 bits per heavy atom. The minimum Gasteiger partial charge on any atom is -0.381 e. The van der Waals surface area contributed by atoms with E-state index in [1.807, 2.05) is 0 Å². The van der Waals surface area contributed by atoms with Gasteiger partial charge in [0, 0.05) is 13.0 Å². The second kappa shape index (κ2) is 5.91. The van der Waals surface area contributed by atoms with Crippen LogP contribution in [0.4, 0.5) is 0 Å². The first-order valence-electron chi connectivity index (χ1n) is 5.86. The molecule has 1 aromatic heterocycles. The summed E-state index contributed by atoms with van der Waals surface area (Å²) in [6.45, 7) is 3.76. The summed E-state index contributed by atoms with van der Waals surface area (Å²) in [5, 5.41) is 15.2. The number of rotatable bonds is 5. The molecule has 0 bridgehead atoms. The molecule has 0 radical (unpaired) electrons. The van der Waals surface area contributed by atoms with E-state index in [9.17, 15) is 0 Å². The molecule has 16 heavy (non-hydrogen) atoms. The van der Waals surface area contributed by atoms with E-state index >= 15 is 0 Å². The predicted molar refractivity (Wildman–Crippen MR) is 58.9 cm³/mol. The molecule has 0 spiro atoms. The summed E-state index contributed by atoms with van der Waals surface area (Å²) >= 11 is 0. The molecule has 1 aliphatic heterocycles. The van der Waals surface area contributed by atoms with Crippen LogP contribution in [0.3, 0.4) is 0 Å². The number of hydrogen-bond acceptors (Lipinski definition) is 5. The van der Waals surface area contributed by atoms with Gasteiger partial charge in [-0.25, -0.2) is 0 Å². The number of ether oxygens (including phenoxy) is 1. The van der Waals surface area contributed by atoms with E-state index in [0.29, 0.717) is 12.5 Å². The molecule has 0 saturated carbocycles. The monoisotopic (exact) mass is 225 g/mol. The summed E-state index contributed by atoms with van der Waals surface area (Å²) in [5.74, 6) is 1.42. The molecule has 1 N–H and O–H groups in total. The molecular formula is C10H19N5O. The Morgan fingerprint density at radius 3 is 3.19 bits per heavy atom. The molecule has 6 nitrogen and oxygen atoms in total. The highest BCUT2D eigenvalue weighted by molar-refractivity contribution is 4.76. The van der Waals surface area contributed by atoms with E-state index in [1.165, 1.54) is 17.6 Å². The number of hydrogen-bond donors (Lipinski definition) is 1. The summed E-state index contributed by atoms with van der Waals surface area (Å²) in [7, 11) is 1.77. The normalized spacial score (nSPS) is 21.2. The van der Waals surface area contributed by atoms with Crippen molar-refractivity contribution in [2.45, 2.75) is 19.3 Å². The van der Waals surface area contributed by atoms with Gasteiger partial charge < -0.3 is 10.1 Å². The Balaban J connectivity index is 1.57. The topological polar surface area (TPSA) is 64.9 Å². The zero-order chi connectivity index (χ0) is 11.2. The Kier molecular flexibility index (Phi) is 4.24. The van der Waals surface area contributed by atoms with E-state index in [1.54, 1.807) is 7.05 Å². The molecule has 2 rings (SSSR count). The van der Waals surface area contributed by atoms with Crippen molar-refractivity contribution in [1.82, 2.24) is 25.5 Å². The smallest absolute Gasteiger partial charge is 0.177 e. The first-order chi connectivity index (χ1) is 7.84. The van der Waals surface area contributed by atoms with Gasteiger partial charge in [-0.1, -0.05) is 0 Å². The van der Waals surface area contributed by atoms with Crippen molar-refractivity contribution >= 4 is 0 Å². The van der Waals surface area contributed by atoms with Crippen LogP contribution >= 0.6 is 0 Å². The van der Waals surface area contributed by atoms with Crippen molar-refractivity contribution < 1.29 is 4.74 Å². The maximum atomic E-state index is 5.63. The Bertz CT molecular complexity index is 308. The lowest BCUT2D eigenvalue weighted by atomic mass is 10.0. The lowest BCUT2D eigenvalue weighted by Crippen LogP contribution is -2.32. The van der Waals surface area contributed by atoms with Gasteiger partial charge in [0.1, 0.15) is 0 Å². The van der Waals surface area contributed by atoms with E-state index in [-0.39, 0.29) is 0 Å². The zero-order valence-corrected chi connectivity index (χ0v) is 9.72. The first kappa shape index (κ1) is 11.5. The van der Waals surface area contributed by atoms with E-state index < -0.39 is 0 Å². The van der Waals surface area contributed by atoms with Crippen LogP contribution in [-0.2, 0) is 18.2 Å². The molecule has 0 unspecified atom stereocenters. The standard InChI is InChI=1S/C10H19N5O/c1-15-13-10(12-14-15)4-6-16-8-9-3-2-5-11-7-9/h9,11H,2-8H2,1H3/t9-/m0/s1. The highest BCUT2D eigenvalue weighted by Gasteiger charge is 2.12. The predicted octanol–water partition coefficient (Wildman–Crippen LogP) is -0.231. The van der Waals surface area contributed by atoms with Gasteiger partial charge in [-0.05, 0) is 30.5 Å². The minimum absolute atomic E-state index is 0.670. The van der Waals surface area contributed by atoms with Crippen LogP contribution in [0.1, 0.15) is 18.7 Å². The van der Waals surface area contributed by atoms with Gasteiger partial charge in [0.2, 0.25) is 0 Å². The van der Waals surface area contributed by atoms with E-state index in [0.717, 1.165) is 31.9 Å². The molecule has 1 atom stereocenters. The number of tetrazole rings is 1. The highest BCUT2D eigenvalue weighted by Crippen LogP contribution is 2.09. The minimum atomic E-state index is 0.670. The third-order valence-corrected chi connectivity index (χ3v) is 2.77. The van der Waals surface area contributed by atoms with Crippen LogP contribution < -0.4 is 5.32 Å². The summed E-state index contributed by atoms with van der Waals surface area (Å²) in [4.78, 5) is 1.47. The molecule has 90 valence electrons. The SMILES string of the molecule is Cn1nnc(CCOC[C@H]2CCCNC2)n1. The third kappa shape index (κ3) is 3.53. The van der Waals surface area contributed by atoms with E-state index in [2.05, 4.69) is 20.7 Å². The molecule has 1 aromatic rings. The van der Waals surface area contributed by atoms with Gasteiger partial charge in [0.25, 0.3) is 0 Å². The average Bonchev–Trinajstić information content (AvgIpc) is 2.72. The molecule has 1 aliphatic rings. The van der Waals surface area contributed by atoms with Crippen LogP contribution in [0.2, 0.25) is 0 Å². The molecule has 2 heterocycles. The van der Waals surface area contributed by atoms with Crippen molar-refractivity contribution in [2.75, 3.05) is 26.3 Å². The molecular weight excluding hydrogens is 206 g/mol. The molecule has 6 heteroatoms. The Hall–Kier alpha value is -1.01. The summed E-state index contributed by atoms with van der Waals surface area (Å²) in [5.41, 5.74) is 0. The van der Waals surface area contributed by atoms with Crippen molar-refractivity contribution in [3.63, 3.8) is 0 Å². The van der Waals surface area contributed by atoms with Gasteiger partial charge in [-0.3, -0.25) is 0 Å². The largest absolute Gasteiger partial charge is 0.381 e.